The molecule has 21 heavy (non-hydrogen) atoms. The number of nitrogens with zero attached hydrogens (tertiary/aromatic N) is 2. The summed E-state index contributed by atoms with van der Waals surface area (Å²) in [5.74, 6) is 0.853. The van der Waals surface area contributed by atoms with Crippen LogP contribution in [0.5, 0.6) is 5.75 Å². The Bertz CT molecular complexity index is 549. The lowest BCUT2D eigenvalue weighted by atomic mass is 10.2. The van der Waals surface area contributed by atoms with Gasteiger partial charge in [-0.1, -0.05) is 0 Å². The monoisotopic (exact) mass is 415 g/mol. The van der Waals surface area contributed by atoms with Crippen LogP contribution >= 0.6 is 31.9 Å². The molecule has 0 radical (unpaired) electrons. The van der Waals surface area contributed by atoms with Crippen LogP contribution < -0.4 is 10.1 Å². The Morgan fingerprint density at radius 3 is 2.62 bits per heavy atom. The van der Waals surface area contributed by atoms with Gasteiger partial charge in [0.25, 0.3) is 0 Å². The van der Waals surface area contributed by atoms with Crippen LogP contribution in [0, 0.1) is 0 Å². The van der Waals surface area contributed by atoms with Gasteiger partial charge < -0.3 is 10.1 Å². The summed E-state index contributed by atoms with van der Waals surface area (Å²) in [4.78, 5) is 0. The highest BCUT2D eigenvalue weighted by atomic mass is 79.9. The summed E-state index contributed by atoms with van der Waals surface area (Å²) in [6.07, 6.45) is 3.77. The molecule has 6 heteroatoms. The molecule has 0 fully saturated rings. The first-order chi connectivity index (χ1) is 10.1. The van der Waals surface area contributed by atoms with E-state index in [9.17, 15) is 0 Å². The Balaban J connectivity index is 1.94. The first kappa shape index (κ1) is 16.5. The Morgan fingerprint density at radius 1 is 1.33 bits per heavy atom. The second-order valence-corrected chi connectivity index (χ2v) is 6.54. The minimum absolute atomic E-state index is 0.342. The molecule has 1 unspecified atom stereocenters. The maximum Gasteiger partial charge on any atom is 0.147 e. The van der Waals surface area contributed by atoms with E-state index in [0.29, 0.717) is 12.6 Å². The van der Waals surface area contributed by atoms with Crippen LogP contribution in [0.4, 0.5) is 0 Å². The van der Waals surface area contributed by atoms with Gasteiger partial charge in [0.05, 0.1) is 22.1 Å². The van der Waals surface area contributed by atoms with Crippen molar-refractivity contribution in [3.63, 3.8) is 0 Å². The number of hydrogen-bond acceptors (Lipinski definition) is 3. The molecule has 1 aromatic carbocycles. The van der Waals surface area contributed by atoms with E-state index in [1.165, 1.54) is 5.56 Å². The van der Waals surface area contributed by atoms with Gasteiger partial charge >= 0.3 is 0 Å². The molecule has 1 N–H and O–H groups in total. The lowest BCUT2D eigenvalue weighted by Crippen LogP contribution is -2.30. The molecule has 0 amide bonds. The number of nitrogens with one attached hydrogen (secondary N) is 1. The van der Waals surface area contributed by atoms with Crippen molar-refractivity contribution in [2.45, 2.75) is 33.0 Å². The molecule has 0 aliphatic heterocycles. The zero-order chi connectivity index (χ0) is 15.2. The van der Waals surface area contributed by atoms with E-state index >= 15 is 0 Å². The normalized spacial score (nSPS) is 12.4. The Morgan fingerprint density at radius 2 is 2.05 bits per heavy atom. The SMILES string of the molecule is CCOc1c(Br)cc(CNC(C)Cn2cccn2)cc1Br. The molecule has 0 aliphatic carbocycles. The van der Waals surface area contributed by atoms with E-state index in [0.717, 1.165) is 27.8 Å². The number of benzene rings is 1. The van der Waals surface area contributed by atoms with Gasteiger partial charge in [0.2, 0.25) is 0 Å². The maximum atomic E-state index is 5.59. The van der Waals surface area contributed by atoms with Crippen molar-refractivity contribution in [3.05, 3.63) is 45.1 Å². The molecule has 0 bridgehead atoms. The molecular weight excluding hydrogens is 398 g/mol. The van der Waals surface area contributed by atoms with Gasteiger partial charge in [-0.2, -0.15) is 5.10 Å². The molecule has 0 aliphatic rings. The quantitative estimate of drug-likeness (QED) is 0.741. The lowest BCUT2D eigenvalue weighted by Gasteiger charge is -2.15. The number of ether oxygens (including phenoxy) is 1. The van der Waals surface area contributed by atoms with Gasteiger partial charge in [0.1, 0.15) is 5.75 Å². The van der Waals surface area contributed by atoms with E-state index in [1.807, 2.05) is 23.9 Å². The van der Waals surface area contributed by atoms with Crippen molar-refractivity contribution in [2.75, 3.05) is 6.61 Å². The summed E-state index contributed by atoms with van der Waals surface area (Å²) in [7, 11) is 0. The van der Waals surface area contributed by atoms with Crippen LogP contribution in [0.3, 0.4) is 0 Å². The first-order valence-corrected chi connectivity index (χ1v) is 8.50. The highest BCUT2D eigenvalue weighted by molar-refractivity contribution is 9.11. The van der Waals surface area contributed by atoms with Crippen LogP contribution in [-0.2, 0) is 13.1 Å². The topological polar surface area (TPSA) is 39.1 Å². The van der Waals surface area contributed by atoms with Crippen LogP contribution in [0.15, 0.2) is 39.5 Å². The average Bonchev–Trinajstić information content (AvgIpc) is 2.93. The summed E-state index contributed by atoms with van der Waals surface area (Å²) in [6.45, 7) is 6.43. The fourth-order valence-corrected chi connectivity index (χ4v) is 3.55. The maximum absolute atomic E-state index is 5.59. The molecule has 0 saturated heterocycles. The van der Waals surface area contributed by atoms with E-state index in [-0.39, 0.29) is 0 Å². The number of aromatic nitrogens is 2. The molecule has 114 valence electrons. The summed E-state index contributed by atoms with van der Waals surface area (Å²) in [5, 5.41) is 7.72. The lowest BCUT2D eigenvalue weighted by molar-refractivity contribution is 0.336. The smallest absolute Gasteiger partial charge is 0.147 e. The minimum Gasteiger partial charge on any atom is -0.492 e. The molecule has 0 spiro atoms. The molecule has 2 aromatic rings. The number of rotatable bonds is 7. The summed E-state index contributed by atoms with van der Waals surface area (Å²) < 4.78 is 9.46. The Hall–Kier alpha value is -0.850. The van der Waals surface area contributed by atoms with Gasteiger partial charge in [-0.3, -0.25) is 4.68 Å². The second kappa shape index (κ2) is 7.96. The fraction of sp³-hybridized carbons (Fsp3) is 0.400. The van der Waals surface area contributed by atoms with Crippen molar-refractivity contribution in [1.82, 2.24) is 15.1 Å². The third kappa shape index (κ3) is 4.83. The minimum atomic E-state index is 0.342. The number of hydrogen-bond donors (Lipinski definition) is 1. The molecular formula is C15H19Br2N3O. The van der Waals surface area contributed by atoms with Gasteiger partial charge in [-0.05, 0) is 69.5 Å². The zero-order valence-corrected chi connectivity index (χ0v) is 15.3. The van der Waals surface area contributed by atoms with E-state index in [4.69, 9.17) is 4.74 Å². The molecule has 1 heterocycles. The van der Waals surface area contributed by atoms with Gasteiger partial charge in [0.15, 0.2) is 0 Å². The summed E-state index contributed by atoms with van der Waals surface area (Å²) in [6, 6.07) is 6.45. The largest absolute Gasteiger partial charge is 0.492 e. The predicted octanol–water partition coefficient (Wildman–Crippen LogP) is 3.99. The van der Waals surface area contributed by atoms with Gasteiger partial charge in [-0.25, -0.2) is 0 Å². The van der Waals surface area contributed by atoms with Crippen LogP contribution in [0.2, 0.25) is 0 Å². The second-order valence-electron chi connectivity index (χ2n) is 4.83. The summed E-state index contributed by atoms with van der Waals surface area (Å²) in [5.41, 5.74) is 1.20. The van der Waals surface area contributed by atoms with E-state index in [2.05, 4.69) is 61.3 Å². The molecule has 4 nitrogen and oxygen atoms in total. The van der Waals surface area contributed by atoms with Crippen molar-refractivity contribution >= 4 is 31.9 Å². The first-order valence-electron chi connectivity index (χ1n) is 6.91. The van der Waals surface area contributed by atoms with Gasteiger partial charge in [-0.15, -0.1) is 0 Å². The van der Waals surface area contributed by atoms with Gasteiger partial charge in [0, 0.05) is 25.0 Å². The standard InChI is InChI=1S/C15H19Br2N3O/c1-3-21-15-13(16)7-12(8-14(15)17)9-18-11(2)10-20-6-4-5-19-20/h4-8,11,18H,3,9-10H2,1-2H3. The summed E-state index contributed by atoms with van der Waals surface area (Å²) >= 11 is 7.12. The van der Waals surface area contributed by atoms with Crippen LogP contribution in [0.25, 0.3) is 0 Å². The van der Waals surface area contributed by atoms with Crippen LogP contribution in [0.1, 0.15) is 19.4 Å². The third-order valence-corrected chi connectivity index (χ3v) is 4.20. The molecule has 1 atom stereocenters. The fourth-order valence-electron chi connectivity index (χ4n) is 2.04. The molecule has 2 rings (SSSR count). The number of halogens is 2. The van der Waals surface area contributed by atoms with Crippen molar-refractivity contribution in [1.29, 1.82) is 0 Å². The third-order valence-electron chi connectivity index (χ3n) is 3.02. The van der Waals surface area contributed by atoms with Crippen molar-refractivity contribution < 1.29 is 4.74 Å². The van der Waals surface area contributed by atoms with Crippen LogP contribution in [-0.4, -0.2) is 22.4 Å². The molecule has 0 saturated carbocycles. The molecule has 1 aromatic heterocycles. The Kier molecular flexibility index (Phi) is 6.26. The predicted molar refractivity (Wildman–Crippen MR) is 91.5 cm³/mol. The average molecular weight is 417 g/mol. The highest BCUT2D eigenvalue weighted by Gasteiger charge is 2.09. The van der Waals surface area contributed by atoms with Crippen molar-refractivity contribution in [3.8, 4) is 5.75 Å². The zero-order valence-electron chi connectivity index (χ0n) is 12.1. The highest BCUT2D eigenvalue weighted by Crippen LogP contribution is 2.34. The van der Waals surface area contributed by atoms with Crippen molar-refractivity contribution in [2.24, 2.45) is 0 Å². The van der Waals surface area contributed by atoms with E-state index in [1.54, 1.807) is 6.20 Å². The Labute approximate surface area is 142 Å². The van der Waals surface area contributed by atoms with E-state index < -0.39 is 0 Å².